The fourth-order valence-electron chi connectivity index (χ4n) is 2.08. The summed E-state index contributed by atoms with van der Waals surface area (Å²) in [5, 5.41) is 6.30. The molecule has 0 aromatic heterocycles. The van der Waals surface area contributed by atoms with Crippen molar-refractivity contribution in [1.29, 1.82) is 0 Å². The molecule has 1 aliphatic heterocycles. The van der Waals surface area contributed by atoms with Gasteiger partial charge in [0.25, 0.3) is 0 Å². The van der Waals surface area contributed by atoms with Crippen molar-refractivity contribution in [2.24, 2.45) is 0 Å². The highest BCUT2D eigenvalue weighted by Crippen LogP contribution is 2.12. The minimum absolute atomic E-state index is 0.163. The highest BCUT2D eigenvalue weighted by atomic mass is 16.5. The zero-order valence-electron chi connectivity index (χ0n) is 11.0. The summed E-state index contributed by atoms with van der Waals surface area (Å²) in [7, 11) is 0. The van der Waals surface area contributed by atoms with Crippen LogP contribution in [0.15, 0.2) is 36.9 Å². The maximum Gasteiger partial charge on any atom is 0.220 e. The molecule has 1 atom stereocenters. The van der Waals surface area contributed by atoms with Crippen LogP contribution in [0.5, 0.6) is 5.75 Å². The summed E-state index contributed by atoms with van der Waals surface area (Å²) in [6.07, 6.45) is 3.31. The van der Waals surface area contributed by atoms with Gasteiger partial charge < -0.3 is 15.4 Å². The number of benzene rings is 1. The van der Waals surface area contributed by atoms with Crippen LogP contribution in [0.25, 0.3) is 0 Å². The lowest BCUT2D eigenvalue weighted by Crippen LogP contribution is -2.35. The first-order valence-electron chi connectivity index (χ1n) is 6.60. The normalized spacial score (nSPS) is 18.1. The van der Waals surface area contributed by atoms with Crippen molar-refractivity contribution < 1.29 is 9.53 Å². The van der Waals surface area contributed by atoms with Crippen molar-refractivity contribution in [2.45, 2.75) is 25.4 Å². The molecule has 2 N–H and O–H groups in total. The SMILES string of the molecule is C=CCOc1ccc(CNCC2CCC(=O)N2)cc1. The second-order valence-corrected chi connectivity index (χ2v) is 4.68. The molecule has 1 aliphatic rings. The summed E-state index contributed by atoms with van der Waals surface area (Å²) in [6, 6.07) is 8.27. The number of hydrogen-bond acceptors (Lipinski definition) is 3. The van der Waals surface area contributed by atoms with Gasteiger partial charge in [-0.05, 0) is 24.1 Å². The second-order valence-electron chi connectivity index (χ2n) is 4.68. The van der Waals surface area contributed by atoms with Gasteiger partial charge >= 0.3 is 0 Å². The van der Waals surface area contributed by atoms with Gasteiger partial charge in [-0.15, -0.1) is 0 Å². The molecule has 0 aliphatic carbocycles. The van der Waals surface area contributed by atoms with E-state index in [0.717, 1.165) is 25.3 Å². The first-order chi connectivity index (χ1) is 9.28. The van der Waals surface area contributed by atoms with E-state index in [0.29, 0.717) is 13.0 Å². The van der Waals surface area contributed by atoms with Gasteiger partial charge in [0.15, 0.2) is 0 Å². The summed E-state index contributed by atoms with van der Waals surface area (Å²) < 4.78 is 5.42. The van der Waals surface area contributed by atoms with E-state index in [4.69, 9.17) is 4.74 Å². The number of amides is 1. The van der Waals surface area contributed by atoms with Gasteiger partial charge in [0.1, 0.15) is 12.4 Å². The van der Waals surface area contributed by atoms with E-state index in [9.17, 15) is 4.79 Å². The van der Waals surface area contributed by atoms with Gasteiger partial charge in [0.05, 0.1) is 0 Å². The van der Waals surface area contributed by atoms with Crippen LogP contribution in [0, 0.1) is 0 Å². The van der Waals surface area contributed by atoms with E-state index in [2.05, 4.69) is 17.2 Å². The molecule has 2 rings (SSSR count). The number of nitrogens with one attached hydrogen (secondary N) is 2. The van der Waals surface area contributed by atoms with Crippen molar-refractivity contribution in [1.82, 2.24) is 10.6 Å². The molecule has 1 unspecified atom stereocenters. The first-order valence-corrected chi connectivity index (χ1v) is 6.60. The standard InChI is InChI=1S/C15H20N2O2/c1-2-9-19-14-6-3-12(4-7-14)10-16-11-13-5-8-15(18)17-13/h2-4,6-7,13,16H,1,5,8-11H2,(H,17,18). The average Bonchev–Trinajstić information content (AvgIpc) is 2.84. The summed E-state index contributed by atoms with van der Waals surface area (Å²) in [4.78, 5) is 11.1. The Labute approximate surface area is 113 Å². The Bertz CT molecular complexity index is 428. The minimum atomic E-state index is 0.163. The number of hydrogen-bond donors (Lipinski definition) is 2. The van der Waals surface area contributed by atoms with Crippen LogP contribution >= 0.6 is 0 Å². The van der Waals surface area contributed by atoms with Crippen molar-refractivity contribution in [3.05, 3.63) is 42.5 Å². The van der Waals surface area contributed by atoms with Gasteiger partial charge in [-0.1, -0.05) is 24.8 Å². The third-order valence-corrected chi connectivity index (χ3v) is 3.10. The number of carbonyl (C=O) groups excluding carboxylic acids is 1. The zero-order valence-corrected chi connectivity index (χ0v) is 11.0. The summed E-state index contributed by atoms with van der Waals surface area (Å²) in [6.45, 7) is 5.76. The van der Waals surface area contributed by atoms with E-state index < -0.39 is 0 Å². The zero-order chi connectivity index (χ0) is 13.5. The number of carbonyl (C=O) groups is 1. The van der Waals surface area contributed by atoms with Gasteiger partial charge in [-0.3, -0.25) is 4.79 Å². The second kappa shape index (κ2) is 6.95. The molecule has 1 amide bonds. The molecule has 0 spiro atoms. The van der Waals surface area contributed by atoms with Crippen LogP contribution in [0.4, 0.5) is 0 Å². The molecule has 0 saturated carbocycles. The van der Waals surface area contributed by atoms with Crippen LogP contribution in [0.2, 0.25) is 0 Å². The molecule has 102 valence electrons. The molecule has 1 saturated heterocycles. The van der Waals surface area contributed by atoms with Crippen LogP contribution in [0.1, 0.15) is 18.4 Å². The quantitative estimate of drug-likeness (QED) is 0.732. The van der Waals surface area contributed by atoms with Crippen molar-refractivity contribution in [3.63, 3.8) is 0 Å². The maximum absolute atomic E-state index is 11.1. The third-order valence-electron chi connectivity index (χ3n) is 3.10. The smallest absolute Gasteiger partial charge is 0.220 e. The molecular formula is C15H20N2O2. The van der Waals surface area contributed by atoms with Crippen LogP contribution < -0.4 is 15.4 Å². The summed E-state index contributed by atoms with van der Waals surface area (Å²) in [5.41, 5.74) is 1.20. The van der Waals surface area contributed by atoms with Gasteiger partial charge in [-0.2, -0.15) is 0 Å². The van der Waals surface area contributed by atoms with Crippen LogP contribution in [-0.2, 0) is 11.3 Å². The largest absolute Gasteiger partial charge is 0.490 e. The minimum Gasteiger partial charge on any atom is -0.490 e. The summed E-state index contributed by atoms with van der Waals surface area (Å²) >= 11 is 0. The molecular weight excluding hydrogens is 240 g/mol. The van der Waals surface area contributed by atoms with Crippen molar-refractivity contribution in [2.75, 3.05) is 13.2 Å². The van der Waals surface area contributed by atoms with Gasteiger partial charge in [-0.25, -0.2) is 0 Å². The Morgan fingerprint density at radius 3 is 2.84 bits per heavy atom. The van der Waals surface area contributed by atoms with E-state index in [1.807, 2.05) is 24.3 Å². The van der Waals surface area contributed by atoms with E-state index in [-0.39, 0.29) is 11.9 Å². The predicted octanol–water partition coefficient (Wildman–Crippen LogP) is 1.62. The van der Waals surface area contributed by atoms with Crippen LogP contribution in [0.3, 0.4) is 0 Å². The third kappa shape index (κ3) is 4.41. The molecule has 1 fully saturated rings. The molecule has 1 aromatic rings. The maximum atomic E-state index is 11.1. The highest BCUT2D eigenvalue weighted by Gasteiger charge is 2.19. The topological polar surface area (TPSA) is 50.4 Å². The fraction of sp³-hybridized carbons (Fsp3) is 0.400. The van der Waals surface area contributed by atoms with E-state index >= 15 is 0 Å². The molecule has 0 radical (unpaired) electrons. The monoisotopic (exact) mass is 260 g/mol. The Balaban J connectivity index is 1.70. The molecule has 1 aromatic carbocycles. The highest BCUT2D eigenvalue weighted by molar-refractivity contribution is 5.78. The molecule has 19 heavy (non-hydrogen) atoms. The van der Waals surface area contributed by atoms with Gasteiger partial charge in [0, 0.05) is 25.6 Å². The number of rotatable bonds is 7. The lowest BCUT2D eigenvalue weighted by molar-refractivity contribution is -0.119. The molecule has 1 heterocycles. The van der Waals surface area contributed by atoms with Crippen LogP contribution in [-0.4, -0.2) is 25.1 Å². The Kier molecular flexibility index (Phi) is 4.98. The molecule has 4 nitrogen and oxygen atoms in total. The first kappa shape index (κ1) is 13.6. The lowest BCUT2D eigenvalue weighted by atomic mass is 10.2. The van der Waals surface area contributed by atoms with Gasteiger partial charge in [0.2, 0.25) is 5.91 Å². The van der Waals surface area contributed by atoms with Crippen molar-refractivity contribution in [3.8, 4) is 5.75 Å². The Morgan fingerprint density at radius 2 is 2.21 bits per heavy atom. The van der Waals surface area contributed by atoms with E-state index in [1.54, 1.807) is 6.08 Å². The Morgan fingerprint density at radius 1 is 1.42 bits per heavy atom. The molecule has 0 bridgehead atoms. The number of ether oxygens (including phenoxy) is 1. The van der Waals surface area contributed by atoms with E-state index in [1.165, 1.54) is 5.56 Å². The predicted molar refractivity (Wildman–Crippen MR) is 75.0 cm³/mol. The lowest BCUT2D eigenvalue weighted by Gasteiger charge is -2.11. The van der Waals surface area contributed by atoms with Crippen molar-refractivity contribution >= 4 is 5.91 Å². The Hall–Kier alpha value is -1.81. The summed E-state index contributed by atoms with van der Waals surface area (Å²) in [5.74, 6) is 1.02. The fourth-order valence-corrected chi connectivity index (χ4v) is 2.08. The molecule has 4 heteroatoms. The average molecular weight is 260 g/mol.